The monoisotopic (exact) mass is 295 g/mol. The van der Waals surface area contributed by atoms with Gasteiger partial charge in [0.2, 0.25) is 12.3 Å². The minimum Gasteiger partial charge on any atom is -0.365 e. The zero-order valence-electron chi connectivity index (χ0n) is 11.4. The van der Waals surface area contributed by atoms with Gasteiger partial charge in [0, 0.05) is 32.6 Å². The van der Waals surface area contributed by atoms with Gasteiger partial charge in [-0.2, -0.15) is 0 Å². The maximum Gasteiger partial charge on any atom is 0.222 e. The van der Waals surface area contributed by atoms with Crippen LogP contribution in [-0.4, -0.2) is 43.4 Å². The van der Waals surface area contributed by atoms with Crippen molar-refractivity contribution < 1.29 is 9.59 Å². The first kappa shape index (κ1) is 14.7. The molecular formula is C14H18ClN3O2. The summed E-state index contributed by atoms with van der Waals surface area (Å²) in [5.74, 6) is 0.176. The number of rotatable bonds is 4. The maximum absolute atomic E-state index is 11.7. The van der Waals surface area contributed by atoms with Crippen molar-refractivity contribution in [3.8, 4) is 0 Å². The minimum absolute atomic E-state index is 0.176. The third-order valence-electron chi connectivity index (χ3n) is 3.45. The predicted molar refractivity (Wildman–Crippen MR) is 80.2 cm³/mol. The number of amides is 2. The molecular weight excluding hydrogens is 278 g/mol. The van der Waals surface area contributed by atoms with E-state index in [1.165, 1.54) is 0 Å². The van der Waals surface area contributed by atoms with Crippen molar-refractivity contribution in [2.75, 3.05) is 36.4 Å². The highest BCUT2D eigenvalue weighted by atomic mass is 35.5. The summed E-state index contributed by atoms with van der Waals surface area (Å²) >= 11 is 6.25. The van der Waals surface area contributed by atoms with E-state index in [-0.39, 0.29) is 5.91 Å². The lowest BCUT2D eigenvalue weighted by molar-refractivity contribution is -0.131. The molecule has 108 valence electrons. The Morgan fingerprint density at radius 2 is 2.05 bits per heavy atom. The average Bonchev–Trinajstić information content (AvgIpc) is 2.47. The van der Waals surface area contributed by atoms with E-state index in [0.717, 1.165) is 5.69 Å². The number of halogens is 1. The van der Waals surface area contributed by atoms with E-state index >= 15 is 0 Å². The van der Waals surface area contributed by atoms with Crippen molar-refractivity contribution in [1.29, 1.82) is 0 Å². The number of benzene rings is 1. The summed E-state index contributed by atoms with van der Waals surface area (Å²) < 4.78 is 0. The fourth-order valence-electron chi connectivity index (χ4n) is 2.42. The van der Waals surface area contributed by atoms with Crippen molar-refractivity contribution >= 4 is 35.3 Å². The first-order valence-electron chi connectivity index (χ1n) is 6.68. The summed E-state index contributed by atoms with van der Waals surface area (Å²) in [7, 11) is 0. The summed E-state index contributed by atoms with van der Waals surface area (Å²) in [5.41, 5.74) is 1.52. The molecule has 0 unspecified atom stereocenters. The summed E-state index contributed by atoms with van der Waals surface area (Å²) in [6.07, 6.45) is 1.18. The normalized spacial score (nSPS) is 15.1. The lowest BCUT2D eigenvalue weighted by Crippen LogP contribution is -2.48. The molecule has 1 heterocycles. The SMILES string of the molecule is CCC(=O)N1CCN(c2c(Cl)cccc2NC=O)CC1. The van der Waals surface area contributed by atoms with Crippen LogP contribution in [0.3, 0.4) is 0 Å². The molecule has 0 aromatic heterocycles. The highest BCUT2D eigenvalue weighted by molar-refractivity contribution is 6.34. The molecule has 5 nitrogen and oxygen atoms in total. The molecule has 0 spiro atoms. The third kappa shape index (κ3) is 3.04. The Labute approximate surface area is 123 Å². The molecule has 0 radical (unpaired) electrons. The lowest BCUT2D eigenvalue weighted by Gasteiger charge is -2.37. The van der Waals surface area contributed by atoms with Gasteiger partial charge in [-0.25, -0.2) is 0 Å². The summed E-state index contributed by atoms with van der Waals surface area (Å²) in [5, 5.41) is 3.28. The lowest BCUT2D eigenvalue weighted by atomic mass is 10.2. The van der Waals surface area contributed by atoms with Crippen molar-refractivity contribution in [3.63, 3.8) is 0 Å². The van der Waals surface area contributed by atoms with Gasteiger partial charge in [-0.05, 0) is 12.1 Å². The van der Waals surface area contributed by atoms with E-state index in [9.17, 15) is 9.59 Å². The molecule has 1 aromatic carbocycles. The van der Waals surface area contributed by atoms with E-state index in [0.29, 0.717) is 49.7 Å². The van der Waals surface area contributed by atoms with Crippen LogP contribution >= 0.6 is 11.6 Å². The molecule has 1 N–H and O–H groups in total. The zero-order valence-corrected chi connectivity index (χ0v) is 12.2. The first-order valence-corrected chi connectivity index (χ1v) is 7.06. The van der Waals surface area contributed by atoms with Crippen LogP contribution in [0.5, 0.6) is 0 Å². The molecule has 1 aliphatic rings. The largest absolute Gasteiger partial charge is 0.365 e. The van der Waals surface area contributed by atoms with Crippen LogP contribution in [0.2, 0.25) is 5.02 Å². The van der Waals surface area contributed by atoms with Gasteiger partial charge in [0.15, 0.2) is 0 Å². The maximum atomic E-state index is 11.7. The van der Waals surface area contributed by atoms with Crippen LogP contribution in [0.15, 0.2) is 18.2 Å². The van der Waals surface area contributed by atoms with Gasteiger partial charge in [-0.1, -0.05) is 24.6 Å². The summed E-state index contributed by atoms with van der Waals surface area (Å²) in [6, 6.07) is 5.42. The Bertz CT molecular complexity index is 499. The Morgan fingerprint density at radius 1 is 1.35 bits per heavy atom. The Kier molecular flexibility index (Phi) is 4.84. The first-order chi connectivity index (χ1) is 9.67. The van der Waals surface area contributed by atoms with Gasteiger partial charge in [-0.3, -0.25) is 9.59 Å². The van der Waals surface area contributed by atoms with Gasteiger partial charge in [0.05, 0.1) is 16.4 Å². The Hall–Kier alpha value is -1.75. The van der Waals surface area contributed by atoms with Gasteiger partial charge in [0.1, 0.15) is 0 Å². The van der Waals surface area contributed by atoms with Crippen LogP contribution in [0, 0.1) is 0 Å². The number of carbonyl (C=O) groups excluding carboxylic acids is 2. The standard InChI is InChI=1S/C14H18ClN3O2/c1-2-13(20)17-6-8-18(9-7-17)14-11(15)4-3-5-12(14)16-10-19/h3-5,10H,2,6-9H2,1H3,(H,16,19). The fraction of sp³-hybridized carbons (Fsp3) is 0.429. The number of anilines is 2. The molecule has 1 fully saturated rings. The van der Waals surface area contributed by atoms with E-state index in [4.69, 9.17) is 11.6 Å². The van der Waals surface area contributed by atoms with Gasteiger partial charge in [-0.15, -0.1) is 0 Å². The Morgan fingerprint density at radius 3 is 2.65 bits per heavy atom. The van der Waals surface area contributed by atoms with Crippen molar-refractivity contribution in [1.82, 2.24) is 4.90 Å². The minimum atomic E-state index is 0.176. The smallest absolute Gasteiger partial charge is 0.222 e. The third-order valence-corrected chi connectivity index (χ3v) is 3.76. The number of para-hydroxylation sites is 1. The Balaban J connectivity index is 2.14. The summed E-state index contributed by atoms with van der Waals surface area (Å²) in [6.45, 7) is 4.65. The number of carbonyl (C=O) groups is 2. The highest BCUT2D eigenvalue weighted by Crippen LogP contribution is 2.34. The van der Waals surface area contributed by atoms with Crippen molar-refractivity contribution in [2.24, 2.45) is 0 Å². The second kappa shape index (κ2) is 6.61. The molecule has 1 saturated heterocycles. The molecule has 20 heavy (non-hydrogen) atoms. The fourth-order valence-corrected chi connectivity index (χ4v) is 2.71. The molecule has 1 aliphatic heterocycles. The predicted octanol–water partition coefficient (Wildman–Crippen LogP) is 1.97. The summed E-state index contributed by atoms with van der Waals surface area (Å²) in [4.78, 5) is 26.3. The number of nitrogens with zero attached hydrogens (tertiary/aromatic N) is 2. The van der Waals surface area contributed by atoms with Crippen molar-refractivity contribution in [2.45, 2.75) is 13.3 Å². The zero-order chi connectivity index (χ0) is 14.5. The van der Waals surface area contributed by atoms with E-state index in [2.05, 4.69) is 10.2 Å². The highest BCUT2D eigenvalue weighted by Gasteiger charge is 2.23. The number of hydrogen-bond acceptors (Lipinski definition) is 3. The molecule has 0 bridgehead atoms. The number of nitrogens with one attached hydrogen (secondary N) is 1. The van der Waals surface area contributed by atoms with Crippen LogP contribution in [-0.2, 0) is 9.59 Å². The average molecular weight is 296 g/mol. The molecule has 2 amide bonds. The van der Waals surface area contributed by atoms with E-state index < -0.39 is 0 Å². The second-order valence-corrected chi connectivity index (χ2v) is 5.03. The number of hydrogen-bond donors (Lipinski definition) is 1. The molecule has 2 rings (SSSR count). The van der Waals surface area contributed by atoms with Crippen LogP contribution in [0.1, 0.15) is 13.3 Å². The van der Waals surface area contributed by atoms with Gasteiger partial charge in [0.25, 0.3) is 0 Å². The van der Waals surface area contributed by atoms with Crippen LogP contribution in [0.4, 0.5) is 11.4 Å². The molecule has 1 aromatic rings. The van der Waals surface area contributed by atoms with Gasteiger partial charge >= 0.3 is 0 Å². The molecule has 0 aliphatic carbocycles. The van der Waals surface area contributed by atoms with Crippen molar-refractivity contribution in [3.05, 3.63) is 23.2 Å². The topological polar surface area (TPSA) is 52.7 Å². The quantitative estimate of drug-likeness (QED) is 0.864. The van der Waals surface area contributed by atoms with E-state index in [1.54, 1.807) is 12.1 Å². The molecule has 0 saturated carbocycles. The van der Waals surface area contributed by atoms with Gasteiger partial charge < -0.3 is 15.1 Å². The molecule has 0 atom stereocenters. The number of piperazine rings is 1. The van der Waals surface area contributed by atoms with Crippen LogP contribution < -0.4 is 10.2 Å². The van der Waals surface area contributed by atoms with E-state index in [1.807, 2.05) is 17.9 Å². The van der Waals surface area contributed by atoms with Crippen LogP contribution in [0.25, 0.3) is 0 Å². The molecule has 6 heteroatoms. The second-order valence-electron chi connectivity index (χ2n) is 4.62.